The van der Waals surface area contributed by atoms with Gasteiger partial charge in [-0.2, -0.15) is 0 Å². The van der Waals surface area contributed by atoms with Crippen LogP contribution in [0.5, 0.6) is 5.75 Å². The molecule has 4 aromatic rings. The van der Waals surface area contributed by atoms with E-state index in [4.69, 9.17) is 16.3 Å². The number of nitrogens with zero attached hydrogens (tertiary/aromatic N) is 3. The first-order valence-electron chi connectivity index (χ1n) is 10.3. The maximum atomic E-state index is 13.4. The minimum absolute atomic E-state index is 0.161. The van der Waals surface area contributed by atoms with E-state index < -0.39 is 5.25 Å². The largest absolute Gasteiger partial charge is 0.497 e. The molecule has 0 unspecified atom stereocenters. The number of hydrogen-bond acceptors (Lipinski definition) is 6. The number of rotatable bonds is 5. The van der Waals surface area contributed by atoms with Crippen molar-refractivity contribution in [3.63, 3.8) is 0 Å². The summed E-state index contributed by atoms with van der Waals surface area (Å²) in [6.07, 6.45) is 0. The molecule has 2 heterocycles. The molecule has 7 nitrogen and oxygen atoms in total. The zero-order chi connectivity index (χ0) is 22.8. The summed E-state index contributed by atoms with van der Waals surface area (Å²) >= 11 is 7.46. The predicted octanol–water partition coefficient (Wildman–Crippen LogP) is 5.00. The Hall–Kier alpha value is -3.49. The lowest BCUT2D eigenvalue weighted by Crippen LogP contribution is -2.41. The van der Waals surface area contributed by atoms with E-state index in [1.165, 1.54) is 11.8 Å². The van der Waals surface area contributed by atoms with Crippen LogP contribution in [-0.4, -0.2) is 33.1 Å². The zero-order valence-electron chi connectivity index (χ0n) is 17.6. The number of aromatic nitrogens is 3. The molecule has 33 heavy (non-hydrogen) atoms. The van der Waals surface area contributed by atoms with E-state index in [1.807, 2.05) is 65.3 Å². The lowest BCUT2D eigenvalue weighted by Gasteiger charge is -2.33. The molecule has 0 aliphatic carbocycles. The summed E-state index contributed by atoms with van der Waals surface area (Å²) in [4.78, 5) is 13.4. The molecule has 0 radical (unpaired) electrons. The molecule has 1 aliphatic heterocycles. The number of fused-ring (bicyclic) bond motifs is 1. The van der Waals surface area contributed by atoms with Crippen molar-refractivity contribution in [1.29, 1.82) is 0 Å². The van der Waals surface area contributed by atoms with Gasteiger partial charge in [-0.05, 0) is 35.9 Å². The normalized spacial score (nSPS) is 17.0. The standard InChI is InChI=1S/C24H20ClN5O2S/c1-32-19-12-10-15(11-13-19)20-21(23(31)26-18-9-5-8-17(25)14-18)33-24-28-27-22(30(24)29-20)16-6-3-2-4-7-16/h2-14,20-21,29H,1H3,(H,26,31)/t20-,21-/m1/s1. The third kappa shape index (κ3) is 4.40. The van der Waals surface area contributed by atoms with Crippen LogP contribution in [0.4, 0.5) is 5.69 Å². The lowest BCUT2D eigenvalue weighted by atomic mass is 10.0. The number of methoxy groups -OCH3 is 1. The van der Waals surface area contributed by atoms with Crippen molar-refractivity contribution in [3.8, 4) is 17.1 Å². The van der Waals surface area contributed by atoms with E-state index in [-0.39, 0.29) is 11.9 Å². The summed E-state index contributed by atoms with van der Waals surface area (Å²) in [7, 11) is 1.63. The second-order valence-electron chi connectivity index (χ2n) is 7.43. The number of hydrogen-bond donors (Lipinski definition) is 2. The fraction of sp³-hybridized carbons (Fsp3) is 0.125. The lowest BCUT2D eigenvalue weighted by molar-refractivity contribution is -0.116. The third-order valence-electron chi connectivity index (χ3n) is 5.29. The second kappa shape index (κ2) is 9.17. The number of carbonyl (C=O) groups excluding carboxylic acids is 1. The van der Waals surface area contributed by atoms with Gasteiger partial charge in [0.15, 0.2) is 5.82 Å². The fourth-order valence-electron chi connectivity index (χ4n) is 3.67. The predicted molar refractivity (Wildman–Crippen MR) is 130 cm³/mol. The molecule has 0 saturated heterocycles. The highest BCUT2D eigenvalue weighted by Crippen LogP contribution is 2.39. The van der Waals surface area contributed by atoms with Crippen molar-refractivity contribution >= 4 is 35.0 Å². The maximum absolute atomic E-state index is 13.4. The number of ether oxygens (including phenoxy) is 1. The average molecular weight is 478 g/mol. The molecule has 2 N–H and O–H groups in total. The highest BCUT2D eigenvalue weighted by atomic mass is 35.5. The zero-order valence-corrected chi connectivity index (χ0v) is 19.2. The first-order chi connectivity index (χ1) is 16.1. The molecule has 9 heteroatoms. The Morgan fingerprint density at radius 2 is 1.85 bits per heavy atom. The van der Waals surface area contributed by atoms with E-state index in [2.05, 4.69) is 20.9 Å². The van der Waals surface area contributed by atoms with Crippen molar-refractivity contribution in [2.45, 2.75) is 16.4 Å². The third-order valence-corrected chi connectivity index (χ3v) is 6.74. The second-order valence-corrected chi connectivity index (χ2v) is 8.97. The number of halogens is 1. The maximum Gasteiger partial charge on any atom is 0.240 e. The first kappa shape index (κ1) is 21.4. The van der Waals surface area contributed by atoms with Gasteiger partial charge in [0.25, 0.3) is 0 Å². The van der Waals surface area contributed by atoms with Crippen LogP contribution in [0.3, 0.4) is 0 Å². The molecule has 5 rings (SSSR count). The molecule has 0 spiro atoms. The van der Waals surface area contributed by atoms with Crippen LogP contribution in [0.2, 0.25) is 5.02 Å². The van der Waals surface area contributed by atoms with Gasteiger partial charge in [-0.15, -0.1) is 10.2 Å². The van der Waals surface area contributed by atoms with Crippen molar-refractivity contribution in [2.24, 2.45) is 0 Å². The molecule has 1 amide bonds. The Morgan fingerprint density at radius 3 is 2.58 bits per heavy atom. The van der Waals surface area contributed by atoms with Gasteiger partial charge in [0.1, 0.15) is 11.0 Å². The van der Waals surface area contributed by atoms with E-state index >= 15 is 0 Å². The molecule has 0 fully saturated rings. The first-order valence-corrected chi connectivity index (χ1v) is 11.5. The van der Waals surface area contributed by atoms with Crippen molar-refractivity contribution in [3.05, 3.63) is 89.4 Å². The monoisotopic (exact) mass is 477 g/mol. The molecule has 0 bridgehead atoms. The van der Waals surface area contributed by atoms with Crippen molar-refractivity contribution in [1.82, 2.24) is 14.9 Å². The molecule has 1 aliphatic rings. The van der Waals surface area contributed by atoms with Gasteiger partial charge in [-0.25, -0.2) is 4.68 Å². The molecule has 2 atom stereocenters. The Balaban J connectivity index is 1.51. The molecule has 0 saturated carbocycles. The smallest absolute Gasteiger partial charge is 0.240 e. The van der Waals surface area contributed by atoms with Crippen LogP contribution >= 0.6 is 23.4 Å². The van der Waals surface area contributed by atoms with Crippen molar-refractivity contribution in [2.75, 3.05) is 17.9 Å². The van der Waals surface area contributed by atoms with E-state index in [1.54, 1.807) is 25.3 Å². The highest BCUT2D eigenvalue weighted by Gasteiger charge is 2.38. The number of anilines is 1. The molecular formula is C24H20ClN5O2S. The summed E-state index contributed by atoms with van der Waals surface area (Å²) in [6.45, 7) is 0. The minimum Gasteiger partial charge on any atom is -0.497 e. The summed E-state index contributed by atoms with van der Waals surface area (Å²) < 4.78 is 7.14. The van der Waals surface area contributed by atoms with Crippen LogP contribution in [-0.2, 0) is 4.79 Å². The SMILES string of the molecule is COc1ccc([C@H]2Nn3c(nnc3-c3ccccc3)S[C@H]2C(=O)Nc2cccc(Cl)c2)cc1. The van der Waals surface area contributed by atoms with Gasteiger partial charge >= 0.3 is 0 Å². The molecule has 1 aromatic heterocycles. The van der Waals surface area contributed by atoms with Crippen LogP contribution in [0.15, 0.2) is 84.0 Å². The quantitative estimate of drug-likeness (QED) is 0.421. The number of carbonyl (C=O) groups is 1. The summed E-state index contributed by atoms with van der Waals surface area (Å²) in [5.74, 6) is 1.27. The van der Waals surface area contributed by atoms with Gasteiger partial charge in [0.05, 0.1) is 13.2 Å². The van der Waals surface area contributed by atoms with Gasteiger partial charge in [0.2, 0.25) is 11.1 Å². The number of thioether (sulfide) groups is 1. The van der Waals surface area contributed by atoms with E-state index in [9.17, 15) is 4.79 Å². The number of amides is 1. The van der Waals surface area contributed by atoms with E-state index in [0.29, 0.717) is 21.7 Å². The van der Waals surface area contributed by atoms with Crippen LogP contribution in [0.1, 0.15) is 11.6 Å². The van der Waals surface area contributed by atoms with Gasteiger partial charge < -0.3 is 15.5 Å². The van der Waals surface area contributed by atoms with Crippen molar-refractivity contribution < 1.29 is 9.53 Å². The average Bonchev–Trinajstić information content (AvgIpc) is 3.27. The minimum atomic E-state index is -0.502. The summed E-state index contributed by atoms with van der Waals surface area (Å²) in [6, 6.07) is 24.2. The Kier molecular flexibility index (Phi) is 5.93. The number of nitrogens with one attached hydrogen (secondary N) is 2. The highest BCUT2D eigenvalue weighted by molar-refractivity contribution is 8.00. The van der Waals surface area contributed by atoms with Gasteiger partial charge in [0, 0.05) is 16.3 Å². The Labute approximate surface area is 200 Å². The molecular weight excluding hydrogens is 458 g/mol. The van der Waals surface area contributed by atoms with Gasteiger partial charge in [-0.1, -0.05) is 71.9 Å². The Bertz CT molecular complexity index is 1280. The topological polar surface area (TPSA) is 81.1 Å². The molecule has 166 valence electrons. The summed E-state index contributed by atoms with van der Waals surface area (Å²) in [5, 5.41) is 12.4. The Morgan fingerprint density at radius 1 is 1.06 bits per heavy atom. The fourth-order valence-corrected chi connectivity index (χ4v) is 4.94. The van der Waals surface area contributed by atoms with Crippen LogP contribution < -0.4 is 15.5 Å². The van der Waals surface area contributed by atoms with Crippen LogP contribution in [0.25, 0.3) is 11.4 Å². The van der Waals surface area contributed by atoms with E-state index in [0.717, 1.165) is 16.9 Å². The van der Waals surface area contributed by atoms with Gasteiger partial charge in [-0.3, -0.25) is 4.79 Å². The van der Waals surface area contributed by atoms with Crippen LogP contribution in [0, 0.1) is 0 Å². The molecule has 3 aromatic carbocycles. The summed E-state index contributed by atoms with van der Waals surface area (Å²) in [5.41, 5.74) is 5.97. The number of benzene rings is 3.